The summed E-state index contributed by atoms with van der Waals surface area (Å²) in [6, 6.07) is 1.63. The Morgan fingerprint density at radius 1 is 1.44 bits per heavy atom. The molecule has 2 aromatic rings. The maximum Gasteiger partial charge on any atom is 0.333 e. The molecule has 2 aromatic heterocycles. The Kier molecular flexibility index (Phi) is 2.22. The van der Waals surface area contributed by atoms with Crippen LogP contribution in [0.15, 0.2) is 18.5 Å². The molecule has 8 heteroatoms. The number of hydrogen-bond donors (Lipinski definition) is 0. The van der Waals surface area contributed by atoms with Crippen molar-refractivity contribution in [1.29, 1.82) is 0 Å². The summed E-state index contributed by atoms with van der Waals surface area (Å²) in [5.74, 6) is 0.433. The van der Waals surface area contributed by atoms with Crippen molar-refractivity contribution in [2.75, 3.05) is 11.4 Å². The summed E-state index contributed by atoms with van der Waals surface area (Å²) in [5, 5.41) is 14.6. The van der Waals surface area contributed by atoms with E-state index in [0.29, 0.717) is 18.8 Å². The van der Waals surface area contributed by atoms with E-state index in [2.05, 4.69) is 10.1 Å². The molecular weight excluding hydrogens is 238 g/mol. The lowest BCUT2D eigenvalue weighted by molar-refractivity contribution is -0.383. The zero-order valence-electron chi connectivity index (χ0n) is 9.31. The molecule has 0 unspecified atom stereocenters. The molecule has 92 valence electrons. The first-order chi connectivity index (χ1) is 8.66. The van der Waals surface area contributed by atoms with Crippen molar-refractivity contribution in [3.63, 3.8) is 0 Å². The van der Waals surface area contributed by atoms with Crippen LogP contribution >= 0.6 is 0 Å². The van der Waals surface area contributed by atoms with E-state index < -0.39 is 4.92 Å². The summed E-state index contributed by atoms with van der Waals surface area (Å²) >= 11 is 0. The van der Waals surface area contributed by atoms with Gasteiger partial charge in [-0.3, -0.25) is 19.8 Å². The molecule has 1 fully saturated rings. The van der Waals surface area contributed by atoms with Crippen molar-refractivity contribution in [2.45, 2.75) is 12.8 Å². The summed E-state index contributed by atoms with van der Waals surface area (Å²) in [4.78, 5) is 27.6. The number of carbonyl (C=O) groups excluding carboxylic acids is 1. The van der Waals surface area contributed by atoms with E-state index >= 15 is 0 Å². The van der Waals surface area contributed by atoms with Gasteiger partial charge in [0.2, 0.25) is 11.6 Å². The molecular formula is C10H9N5O3. The van der Waals surface area contributed by atoms with Gasteiger partial charge in [-0.1, -0.05) is 0 Å². The van der Waals surface area contributed by atoms with Crippen LogP contribution in [-0.4, -0.2) is 32.0 Å². The molecule has 0 atom stereocenters. The van der Waals surface area contributed by atoms with Crippen molar-refractivity contribution in [3.05, 3.63) is 28.6 Å². The molecule has 1 saturated heterocycles. The van der Waals surface area contributed by atoms with Crippen molar-refractivity contribution < 1.29 is 9.72 Å². The highest BCUT2D eigenvalue weighted by Gasteiger charge is 2.24. The van der Waals surface area contributed by atoms with E-state index in [9.17, 15) is 14.9 Å². The van der Waals surface area contributed by atoms with E-state index in [1.54, 1.807) is 12.3 Å². The Morgan fingerprint density at radius 2 is 2.28 bits per heavy atom. The molecule has 1 aliphatic heterocycles. The van der Waals surface area contributed by atoms with E-state index in [1.807, 2.05) is 0 Å². The van der Waals surface area contributed by atoms with Crippen LogP contribution < -0.4 is 4.90 Å². The summed E-state index contributed by atoms with van der Waals surface area (Å²) in [7, 11) is 0. The Morgan fingerprint density at radius 3 is 2.94 bits per heavy atom. The minimum absolute atomic E-state index is 0.00554. The van der Waals surface area contributed by atoms with Crippen LogP contribution in [0.2, 0.25) is 0 Å². The third kappa shape index (κ3) is 1.50. The van der Waals surface area contributed by atoms with Crippen LogP contribution in [-0.2, 0) is 4.79 Å². The zero-order chi connectivity index (χ0) is 12.7. The molecule has 3 heterocycles. The Labute approximate surface area is 101 Å². The molecule has 0 aromatic carbocycles. The molecule has 1 amide bonds. The van der Waals surface area contributed by atoms with Gasteiger partial charge in [0.15, 0.2) is 0 Å². The molecule has 18 heavy (non-hydrogen) atoms. The number of fused-ring (bicyclic) bond motifs is 1. The Bertz CT molecular complexity index is 650. The van der Waals surface area contributed by atoms with Gasteiger partial charge in [0.1, 0.15) is 12.0 Å². The van der Waals surface area contributed by atoms with Crippen molar-refractivity contribution in [2.24, 2.45) is 0 Å². The number of hydrogen-bond acceptors (Lipinski definition) is 5. The summed E-state index contributed by atoms with van der Waals surface area (Å²) in [5.41, 5.74) is -0.0132. The van der Waals surface area contributed by atoms with E-state index in [0.717, 1.165) is 12.6 Å². The molecule has 0 spiro atoms. The van der Waals surface area contributed by atoms with Crippen LogP contribution in [0.1, 0.15) is 12.8 Å². The van der Waals surface area contributed by atoms with Gasteiger partial charge in [-0.15, -0.1) is 0 Å². The monoisotopic (exact) mass is 247 g/mol. The van der Waals surface area contributed by atoms with E-state index in [4.69, 9.17) is 0 Å². The van der Waals surface area contributed by atoms with Crippen LogP contribution in [0.3, 0.4) is 0 Å². The highest BCUT2D eigenvalue weighted by atomic mass is 16.6. The summed E-state index contributed by atoms with van der Waals surface area (Å²) < 4.78 is 1.32. The predicted octanol–water partition coefficient (Wildman–Crippen LogP) is 0.764. The molecule has 0 bridgehead atoms. The molecule has 0 saturated carbocycles. The SMILES string of the molecule is O=C1CCCN1c1ccn2ncc([N+](=O)[O-])c2n1. The lowest BCUT2D eigenvalue weighted by atomic mass is 10.4. The highest BCUT2D eigenvalue weighted by molar-refractivity contribution is 5.94. The second-order valence-electron chi connectivity index (χ2n) is 3.99. The topological polar surface area (TPSA) is 93.6 Å². The molecule has 0 aliphatic carbocycles. The van der Waals surface area contributed by atoms with Crippen molar-refractivity contribution in [3.8, 4) is 0 Å². The third-order valence-electron chi connectivity index (χ3n) is 2.88. The summed E-state index contributed by atoms with van der Waals surface area (Å²) in [6.07, 6.45) is 4.00. The van der Waals surface area contributed by atoms with Crippen LogP contribution in [0, 0.1) is 10.1 Å². The zero-order valence-corrected chi connectivity index (χ0v) is 9.31. The first-order valence-corrected chi connectivity index (χ1v) is 5.46. The van der Waals surface area contributed by atoms with Gasteiger partial charge in [0.05, 0.1) is 4.92 Å². The highest BCUT2D eigenvalue weighted by Crippen LogP contribution is 2.23. The van der Waals surface area contributed by atoms with Crippen LogP contribution in [0.25, 0.3) is 5.65 Å². The second-order valence-corrected chi connectivity index (χ2v) is 3.99. The van der Waals surface area contributed by atoms with Gasteiger partial charge >= 0.3 is 5.69 Å². The van der Waals surface area contributed by atoms with Gasteiger partial charge in [0, 0.05) is 19.2 Å². The smallest absolute Gasteiger partial charge is 0.297 e. The minimum atomic E-state index is -0.537. The lowest BCUT2D eigenvalue weighted by Gasteiger charge is -2.13. The number of anilines is 1. The number of nitro groups is 1. The van der Waals surface area contributed by atoms with E-state index in [-0.39, 0.29) is 17.2 Å². The molecule has 3 rings (SSSR count). The second kappa shape index (κ2) is 3.76. The first kappa shape index (κ1) is 10.6. The fourth-order valence-electron chi connectivity index (χ4n) is 2.02. The van der Waals surface area contributed by atoms with Crippen molar-refractivity contribution in [1.82, 2.24) is 14.6 Å². The number of rotatable bonds is 2. The maximum absolute atomic E-state index is 11.6. The largest absolute Gasteiger partial charge is 0.333 e. The maximum atomic E-state index is 11.6. The fraction of sp³-hybridized carbons (Fsp3) is 0.300. The predicted molar refractivity (Wildman–Crippen MR) is 61.2 cm³/mol. The summed E-state index contributed by atoms with van der Waals surface area (Å²) in [6.45, 7) is 0.601. The molecule has 1 aliphatic rings. The van der Waals surface area contributed by atoms with Gasteiger partial charge in [-0.05, 0) is 12.5 Å². The van der Waals surface area contributed by atoms with Gasteiger partial charge in [-0.25, -0.2) is 9.50 Å². The molecule has 8 nitrogen and oxygen atoms in total. The lowest BCUT2D eigenvalue weighted by Crippen LogP contribution is -2.24. The standard InChI is InChI=1S/C10H9N5O3/c16-9-2-1-4-13(9)8-3-5-14-10(12-8)7(6-11-14)15(17)18/h3,5-6H,1-2,4H2. The van der Waals surface area contributed by atoms with Crippen LogP contribution in [0.4, 0.5) is 11.5 Å². The van der Waals surface area contributed by atoms with Crippen molar-refractivity contribution >= 4 is 23.1 Å². The van der Waals surface area contributed by atoms with Gasteiger partial charge in [0.25, 0.3) is 0 Å². The Hall–Kier alpha value is -2.51. The number of nitrogens with zero attached hydrogens (tertiary/aromatic N) is 5. The van der Waals surface area contributed by atoms with Gasteiger partial charge in [-0.2, -0.15) is 5.10 Å². The third-order valence-corrected chi connectivity index (χ3v) is 2.88. The molecule has 0 N–H and O–H groups in total. The Balaban J connectivity index is 2.12. The first-order valence-electron chi connectivity index (χ1n) is 5.46. The molecule has 0 radical (unpaired) electrons. The average Bonchev–Trinajstić information content (AvgIpc) is 2.93. The quantitative estimate of drug-likeness (QED) is 0.577. The number of carbonyl (C=O) groups is 1. The fourth-order valence-corrected chi connectivity index (χ4v) is 2.02. The van der Waals surface area contributed by atoms with Gasteiger partial charge < -0.3 is 0 Å². The minimum Gasteiger partial charge on any atom is -0.297 e. The normalized spacial score (nSPS) is 15.6. The number of amides is 1. The van der Waals surface area contributed by atoms with Crippen LogP contribution in [0.5, 0.6) is 0 Å². The number of aromatic nitrogens is 3. The van der Waals surface area contributed by atoms with E-state index in [1.165, 1.54) is 9.42 Å². The average molecular weight is 247 g/mol.